The molecule has 1 aromatic carbocycles. The zero-order valence-electron chi connectivity index (χ0n) is 11.0. The highest BCUT2D eigenvalue weighted by molar-refractivity contribution is 6.30. The van der Waals surface area contributed by atoms with Crippen LogP contribution in [0.25, 0.3) is 11.5 Å². The van der Waals surface area contributed by atoms with Crippen molar-refractivity contribution in [3.8, 4) is 11.5 Å². The molecule has 1 aliphatic carbocycles. The molecule has 20 heavy (non-hydrogen) atoms. The third-order valence-corrected chi connectivity index (χ3v) is 3.64. The Morgan fingerprint density at radius 2 is 2.30 bits per heavy atom. The predicted molar refractivity (Wildman–Crippen MR) is 75.3 cm³/mol. The Kier molecular flexibility index (Phi) is 4.00. The number of benzene rings is 1. The van der Waals surface area contributed by atoms with Gasteiger partial charge in [-0.05, 0) is 37.5 Å². The number of nitrogens with two attached hydrogens (primary N) is 1. The first-order valence-electron chi connectivity index (χ1n) is 6.69. The lowest BCUT2D eigenvalue weighted by Crippen LogP contribution is -2.27. The van der Waals surface area contributed by atoms with E-state index in [4.69, 9.17) is 26.6 Å². The van der Waals surface area contributed by atoms with E-state index in [1.807, 2.05) is 12.1 Å². The molecule has 1 aromatic heterocycles. The minimum absolute atomic E-state index is 0.348. The smallest absolute Gasteiger partial charge is 0.258 e. The van der Waals surface area contributed by atoms with Crippen molar-refractivity contribution >= 4 is 11.6 Å². The summed E-state index contributed by atoms with van der Waals surface area (Å²) in [5.74, 6) is 0.876. The molecule has 0 radical (unpaired) electrons. The standard InChI is InChI=1S/C14H16ClN3O2/c15-10-4-1-3-9(7-10)14-17-13(18-20-14)12(16)8-19-11-5-2-6-11/h1,3-4,7,11-12H,2,5-6,8,16H2. The molecule has 1 saturated carbocycles. The van der Waals surface area contributed by atoms with Gasteiger partial charge in [0, 0.05) is 10.6 Å². The van der Waals surface area contributed by atoms with Gasteiger partial charge in [-0.1, -0.05) is 22.8 Å². The second-order valence-electron chi connectivity index (χ2n) is 4.96. The van der Waals surface area contributed by atoms with Crippen LogP contribution in [0, 0.1) is 0 Å². The lowest BCUT2D eigenvalue weighted by Gasteiger charge is -2.26. The average molecular weight is 294 g/mol. The van der Waals surface area contributed by atoms with Gasteiger partial charge in [-0.2, -0.15) is 4.98 Å². The monoisotopic (exact) mass is 293 g/mol. The number of nitrogens with zero attached hydrogens (tertiary/aromatic N) is 2. The third kappa shape index (κ3) is 3.00. The van der Waals surface area contributed by atoms with Gasteiger partial charge in [0.1, 0.15) is 0 Å². The molecule has 6 heteroatoms. The van der Waals surface area contributed by atoms with Crippen LogP contribution in [0.2, 0.25) is 5.02 Å². The molecule has 3 rings (SSSR count). The molecule has 0 aliphatic heterocycles. The lowest BCUT2D eigenvalue weighted by molar-refractivity contribution is -0.00549. The van der Waals surface area contributed by atoms with Crippen molar-refractivity contribution in [2.24, 2.45) is 5.73 Å². The molecule has 106 valence electrons. The summed E-state index contributed by atoms with van der Waals surface area (Å²) >= 11 is 5.94. The minimum atomic E-state index is -0.368. The van der Waals surface area contributed by atoms with Crippen LogP contribution in [0.4, 0.5) is 0 Å². The number of rotatable bonds is 5. The molecular weight excluding hydrogens is 278 g/mol. The van der Waals surface area contributed by atoms with Gasteiger partial charge < -0.3 is 15.0 Å². The lowest BCUT2D eigenvalue weighted by atomic mass is 9.96. The molecule has 0 spiro atoms. The Hall–Kier alpha value is -1.43. The molecule has 1 unspecified atom stereocenters. The Bertz CT molecular complexity index is 583. The van der Waals surface area contributed by atoms with Gasteiger partial charge in [-0.15, -0.1) is 0 Å². The van der Waals surface area contributed by atoms with Crippen LogP contribution in [-0.4, -0.2) is 22.9 Å². The van der Waals surface area contributed by atoms with Crippen LogP contribution in [0.3, 0.4) is 0 Å². The van der Waals surface area contributed by atoms with Gasteiger partial charge in [0.15, 0.2) is 5.82 Å². The highest BCUT2D eigenvalue weighted by Crippen LogP contribution is 2.24. The largest absolute Gasteiger partial charge is 0.376 e. The Morgan fingerprint density at radius 1 is 1.45 bits per heavy atom. The maximum Gasteiger partial charge on any atom is 0.258 e. The van der Waals surface area contributed by atoms with Crippen molar-refractivity contribution in [1.29, 1.82) is 0 Å². The molecule has 2 N–H and O–H groups in total. The normalized spacial score (nSPS) is 16.9. The molecular formula is C14H16ClN3O2. The van der Waals surface area contributed by atoms with Gasteiger partial charge in [-0.25, -0.2) is 0 Å². The van der Waals surface area contributed by atoms with Crippen molar-refractivity contribution < 1.29 is 9.26 Å². The zero-order chi connectivity index (χ0) is 13.9. The fraction of sp³-hybridized carbons (Fsp3) is 0.429. The molecule has 1 fully saturated rings. The number of ether oxygens (including phenoxy) is 1. The van der Waals surface area contributed by atoms with Crippen molar-refractivity contribution in [2.75, 3.05) is 6.61 Å². The van der Waals surface area contributed by atoms with Crippen LogP contribution < -0.4 is 5.73 Å². The number of hydrogen-bond donors (Lipinski definition) is 1. The topological polar surface area (TPSA) is 74.2 Å². The van der Waals surface area contributed by atoms with Crippen LogP contribution in [0.1, 0.15) is 31.1 Å². The van der Waals surface area contributed by atoms with Crippen molar-refractivity contribution in [3.63, 3.8) is 0 Å². The first-order chi connectivity index (χ1) is 9.72. The number of hydrogen-bond acceptors (Lipinski definition) is 5. The summed E-state index contributed by atoms with van der Waals surface area (Å²) in [4.78, 5) is 4.30. The van der Waals surface area contributed by atoms with E-state index in [0.717, 1.165) is 18.4 Å². The molecule has 0 saturated heterocycles. The van der Waals surface area contributed by atoms with E-state index in [1.54, 1.807) is 12.1 Å². The van der Waals surface area contributed by atoms with Crippen LogP contribution in [-0.2, 0) is 4.74 Å². The molecule has 1 atom stereocenters. The zero-order valence-corrected chi connectivity index (χ0v) is 11.7. The molecule has 0 amide bonds. The Morgan fingerprint density at radius 3 is 3.00 bits per heavy atom. The average Bonchev–Trinajstić information content (AvgIpc) is 2.86. The van der Waals surface area contributed by atoms with E-state index in [-0.39, 0.29) is 6.04 Å². The van der Waals surface area contributed by atoms with E-state index in [0.29, 0.717) is 29.4 Å². The number of halogens is 1. The highest BCUT2D eigenvalue weighted by atomic mass is 35.5. The molecule has 2 aromatic rings. The summed E-state index contributed by atoms with van der Waals surface area (Å²) in [6, 6.07) is 6.89. The summed E-state index contributed by atoms with van der Waals surface area (Å²) < 4.78 is 10.9. The van der Waals surface area contributed by atoms with Crippen LogP contribution in [0.5, 0.6) is 0 Å². The summed E-state index contributed by atoms with van der Waals surface area (Å²) in [5, 5.41) is 4.53. The Balaban J connectivity index is 1.66. The molecule has 5 nitrogen and oxygen atoms in total. The second-order valence-corrected chi connectivity index (χ2v) is 5.40. The molecule has 1 heterocycles. The van der Waals surface area contributed by atoms with Crippen LogP contribution >= 0.6 is 11.6 Å². The first kappa shape index (κ1) is 13.5. The van der Waals surface area contributed by atoms with E-state index in [2.05, 4.69) is 10.1 Å². The van der Waals surface area contributed by atoms with Gasteiger partial charge in [0.2, 0.25) is 0 Å². The summed E-state index contributed by atoms with van der Waals surface area (Å²) in [6.45, 7) is 0.416. The second kappa shape index (κ2) is 5.91. The Labute approximate surface area is 122 Å². The molecule has 1 aliphatic rings. The predicted octanol–water partition coefficient (Wildman–Crippen LogP) is 2.96. The minimum Gasteiger partial charge on any atom is -0.376 e. The number of aromatic nitrogens is 2. The van der Waals surface area contributed by atoms with Gasteiger partial charge in [0.25, 0.3) is 5.89 Å². The summed E-state index contributed by atoms with van der Waals surface area (Å²) in [7, 11) is 0. The summed E-state index contributed by atoms with van der Waals surface area (Å²) in [5.41, 5.74) is 6.79. The van der Waals surface area contributed by atoms with Gasteiger partial charge in [-0.3, -0.25) is 0 Å². The quantitative estimate of drug-likeness (QED) is 0.917. The highest BCUT2D eigenvalue weighted by Gasteiger charge is 2.21. The van der Waals surface area contributed by atoms with Crippen LogP contribution in [0.15, 0.2) is 28.8 Å². The SMILES string of the molecule is NC(COC1CCC1)c1noc(-c2cccc(Cl)c2)n1. The first-order valence-corrected chi connectivity index (χ1v) is 7.07. The maximum atomic E-state index is 6.01. The van der Waals surface area contributed by atoms with E-state index in [9.17, 15) is 0 Å². The molecule has 0 bridgehead atoms. The van der Waals surface area contributed by atoms with Crippen molar-refractivity contribution in [2.45, 2.75) is 31.4 Å². The van der Waals surface area contributed by atoms with E-state index >= 15 is 0 Å². The summed E-state index contributed by atoms with van der Waals surface area (Å²) in [6.07, 6.45) is 3.82. The maximum absolute atomic E-state index is 6.01. The van der Waals surface area contributed by atoms with E-state index in [1.165, 1.54) is 6.42 Å². The fourth-order valence-corrected chi connectivity index (χ4v) is 2.17. The van der Waals surface area contributed by atoms with Gasteiger partial charge in [0.05, 0.1) is 18.8 Å². The van der Waals surface area contributed by atoms with Crippen molar-refractivity contribution in [1.82, 2.24) is 10.1 Å². The fourth-order valence-electron chi connectivity index (χ4n) is 1.98. The van der Waals surface area contributed by atoms with Crippen molar-refractivity contribution in [3.05, 3.63) is 35.1 Å². The van der Waals surface area contributed by atoms with E-state index < -0.39 is 0 Å². The third-order valence-electron chi connectivity index (χ3n) is 3.41. The van der Waals surface area contributed by atoms with Gasteiger partial charge >= 0.3 is 0 Å².